The van der Waals surface area contributed by atoms with Gasteiger partial charge in [-0.2, -0.15) is 0 Å². The third-order valence-electron chi connectivity index (χ3n) is 3.80. The molecular formula is C18H16O7. The average Bonchev–Trinajstić information content (AvgIpc) is 2.60. The van der Waals surface area contributed by atoms with Gasteiger partial charge in [0.05, 0.1) is 26.9 Å². The van der Waals surface area contributed by atoms with Gasteiger partial charge in [0.15, 0.2) is 16.8 Å². The van der Waals surface area contributed by atoms with Gasteiger partial charge in [-0.15, -0.1) is 0 Å². The summed E-state index contributed by atoms with van der Waals surface area (Å²) < 4.78 is 21.2. The topological polar surface area (TPSA) is 98.4 Å². The molecule has 0 atom stereocenters. The second-order valence-corrected chi connectivity index (χ2v) is 5.19. The molecule has 0 saturated carbocycles. The largest absolute Gasteiger partial charge is 0.507 e. The first-order valence-electron chi connectivity index (χ1n) is 7.29. The number of methoxy groups -OCH3 is 3. The van der Waals surface area contributed by atoms with Crippen LogP contribution in [0.2, 0.25) is 0 Å². The fourth-order valence-electron chi connectivity index (χ4n) is 2.59. The van der Waals surface area contributed by atoms with E-state index in [2.05, 4.69) is 0 Å². The van der Waals surface area contributed by atoms with Crippen molar-refractivity contribution in [2.24, 2.45) is 0 Å². The molecule has 1 heterocycles. The molecular weight excluding hydrogens is 328 g/mol. The van der Waals surface area contributed by atoms with Crippen LogP contribution >= 0.6 is 0 Å². The highest BCUT2D eigenvalue weighted by Crippen LogP contribution is 2.42. The summed E-state index contributed by atoms with van der Waals surface area (Å²) in [6, 6.07) is 7.06. The molecule has 3 rings (SSSR count). The van der Waals surface area contributed by atoms with E-state index in [1.807, 2.05) is 0 Å². The van der Waals surface area contributed by atoms with E-state index in [0.29, 0.717) is 11.3 Å². The molecule has 0 fully saturated rings. The van der Waals surface area contributed by atoms with E-state index in [4.69, 9.17) is 18.6 Å². The highest BCUT2D eigenvalue weighted by atomic mass is 16.5. The molecule has 1 aromatic heterocycles. The van der Waals surface area contributed by atoms with Crippen molar-refractivity contribution in [3.63, 3.8) is 0 Å². The van der Waals surface area contributed by atoms with Gasteiger partial charge in [0.1, 0.15) is 28.4 Å². The number of rotatable bonds is 4. The summed E-state index contributed by atoms with van der Waals surface area (Å²) in [5.41, 5.74) is -0.161. The SMILES string of the molecule is COc1ccc(-c2cc(=O)c3c(O)cc(OC)c(OC)c3o2)c(O)c1. The molecule has 0 aliphatic heterocycles. The number of benzene rings is 2. The van der Waals surface area contributed by atoms with E-state index in [1.54, 1.807) is 12.1 Å². The molecule has 0 radical (unpaired) electrons. The Morgan fingerprint density at radius 2 is 1.68 bits per heavy atom. The first kappa shape index (κ1) is 16.5. The lowest BCUT2D eigenvalue weighted by atomic mass is 10.1. The first-order valence-corrected chi connectivity index (χ1v) is 7.29. The Hall–Kier alpha value is -3.35. The van der Waals surface area contributed by atoms with Crippen LogP contribution in [0, 0.1) is 0 Å². The van der Waals surface area contributed by atoms with Gasteiger partial charge in [-0.3, -0.25) is 4.79 Å². The molecule has 0 aliphatic rings. The number of fused-ring (bicyclic) bond motifs is 1. The molecule has 0 unspecified atom stereocenters. The zero-order valence-electron chi connectivity index (χ0n) is 13.8. The van der Waals surface area contributed by atoms with Crippen molar-refractivity contribution >= 4 is 11.0 Å². The Balaban J connectivity index is 2.34. The Morgan fingerprint density at radius 1 is 0.920 bits per heavy atom. The minimum Gasteiger partial charge on any atom is -0.507 e. The summed E-state index contributed by atoms with van der Waals surface area (Å²) in [7, 11) is 4.27. The molecule has 3 aromatic rings. The summed E-state index contributed by atoms with van der Waals surface area (Å²) in [6.07, 6.45) is 0. The number of aromatic hydroxyl groups is 2. The predicted octanol–water partition coefficient (Wildman–Crippen LogP) is 2.90. The fourth-order valence-corrected chi connectivity index (χ4v) is 2.59. The van der Waals surface area contributed by atoms with Crippen LogP contribution < -0.4 is 19.6 Å². The Bertz CT molecular complexity index is 1000. The maximum Gasteiger partial charge on any atom is 0.205 e. The predicted molar refractivity (Wildman–Crippen MR) is 90.9 cm³/mol. The van der Waals surface area contributed by atoms with Gasteiger partial charge < -0.3 is 28.8 Å². The second-order valence-electron chi connectivity index (χ2n) is 5.19. The van der Waals surface area contributed by atoms with Gasteiger partial charge in [-0.05, 0) is 12.1 Å². The van der Waals surface area contributed by atoms with Crippen LogP contribution in [0.25, 0.3) is 22.3 Å². The van der Waals surface area contributed by atoms with Gasteiger partial charge in [0, 0.05) is 18.2 Å². The molecule has 0 aliphatic carbocycles. The third kappa shape index (κ3) is 2.69. The summed E-state index contributed by atoms with van der Waals surface area (Å²) in [5, 5.41) is 20.2. The molecule has 0 amide bonds. The summed E-state index contributed by atoms with van der Waals surface area (Å²) >= 11 is 0. The summed E-state index contributed by atoms with van der Waals surface area (Å²) in [6.45, 7) is 0. The van der Waals surface area contributed by atoms with E-state index in [9.17, 15) is 15.0 Å². The van der Waals surface area contributed by atoms with E-state index in [0.717, 1.165) is 0 Å². The Morgan fingerprint density at radius 3 is 2.28 bits per heavy atom. The highest BCUT2D eigenvalue weighted by Gasteiger charge is 2.20. The second kappa shape index (κ2) is 6.27. The van der Waals surface area contributed by atoms with Crippen LogP contribution in [0.3, 0.4) is 0 Å². The molecule has 130 valence electrons. The van der Waals surface area contributed by atoms with E-state index >= 15 is 0 Å². The normalized spacial score (nSPS) is 10.7. The number of hydrogen-bond acceptors (Lipinski definition) is 7. The highest BCUT2D eigenvalue weighted by molar-refractivity contribution is 5.92. The summed E-state index contributed by atoms with van der Waals surface area (Å²) in [5.74, 6) is 0.554. The van der Waals surface area contributed by atoms with Crippen LogP contribution in [0.4, 0.5) is 0 Å². The molecule has 0 saturated heterocycles. The number of phenols is 2. The minimum absolute atomic E-state index is 0.0251. The average molecular weight is 344 g/mol. The molecule has 7 nitrogen and oxygen atoms in total. The van der Waals surface area contributed by atoms with Gasteiger partial charge in [0.2, 0.25) is 5.75 Å². The zero-order chi connectivity index (χ0) is 18.1. The quantitative estimate of drug-likeness (QED) is 0.751. The molecule has 0 spiro atoms. The lowest BCUT2D eigenvalue weighted by molar-refractivity contribution is 0.350. The van der Waals surface area contributed by atoms with Crippen molar-refractivity contribution in [2.75, 3.05) is 21.3 Å². The van der Waals surface area contributed by atoms with E-state index in [-0.39, 0.29) is 39.7 Å². The van der Waals surface area contributed by atoms with Gasteiger partial charge in [-0.25, -0.2) is 0 Å². The van der Waals surface area contributed by atoms with Crippen LogP contribution in [0.15, 0.2) is 39.5 Å². The maximum absolute atomic E-state index is 12.5. The Labute approximate surface area is 142 Å². The monoisotopic (exact) mass is 344 g/mol. The number of hydrogen-bond donors (Lipinski definition) is 2. The van der Waals surface area contributed by atoms with Gasteiger partial charge in [0.25, 0.3) is 0 Å². The summed E-state index contributed by atoms with van der Waals surface area (Å²) in [4.78, 5) is 12.5. The smallest absolute Gasteiger partial charge is 0.205 e. The van der Waals surface area contributed by atoms with Crippen molar-refractivity contribution in [3.8, 4) is 40.1 Å². The van der Waals surface area contributed by atoms with Crippen molar-refractivity contribution < 1.29 is 28.8 Å². The van der Waals surface area contributed by atoms with Gasteiger partial charge >= 0.3 is 0 Å². The standard InChI is InChI=1S/C18H16O7/c1-22-9-4-5-10(11(19)6-9)14-7-12(20)16-13(21)8-15(23-2)17(24-3)18(16)25-14/h4-8,19,21H,1-3H3. The molecule has 2 aromatic carbocycles. The van der Waals surface area contributed by atoms with Crippen LogP contribution in [0.1, 0.15) is 0 Å². The molecule has 7 heteroatoms. The van der Waals surface area contributed by atoms with Crippen LogP contribution in [-0.4, -0.2) is 31.5 Å². The number of phenolic OH excluding ortho intramolecular Hbond substituents is 2. The molecule has 25 heavy (non-hydrogen) atoms. The van der Waals surface area contributed by atoms with E-state index < -0.39 is 5.43 Å². The van der Waals surface area contributed by atoms with Crippen molar-refractivity contribution in [3.05, 3.63) is 40.6 Å². The van der Waals surface area contributed by atoms with Crippen LogP contribution in [0.5, 0.6) is 28.7 Å². The lowest BCUT2D eigenvalue weighted by Gasteiger charge is -2.12. The lowest BCUT2D eigenvalue weighted by Crippen LogP contribution is -2.03. The molecule has 0 bridgehead atoms. The van der Waals surface area contributed by atoms with E-state index in [1.165, 1.54) is 39.5 Å². The van der Waals surface area contributed by atoms with Crippen molar-refractivity contribution in [1.82, 2.24) is 0 Å². The van der Waals surface area contributed by atoms with Crippen molar-refractivity contribution in [2.45, 2.75) is 0 Å². The fraction of sp³-hybridized carbons (Fsp3) is 0.167. The number of ether oxygens (including phenoxy) is 3. The Kier molecular flexibility index (Phi) is 4.14. The van der Waals surface area contributed by atoms with Gasteiger partial charge in [-0.1, -0.05) is 0 Å². The molecule has 2 N–H and O–H groups in total. The van der Waals surface area contributed by atoms with Crippen molar-refractivity contribution in [1.29, 1.82) is 0 Å². The maximum atomic E-state index is 12.5. The zero-order valence-corrected chi connectivity index (χ0v) is 13.8. The minimum atomic E-state index is -0.482. The first-order chi connectivity index (χ1) is 12.0. The van der Waals surface area contributed by atoms with Crippen LogP contribution in [-0.2, 0) is 0 Å². The third-order valence-corrected chi connectivity index (χ3v) is 3.80.